The van der Waals surface area contributed by atoms with Gasteiger partial charge in [-0.3, -0.25) is 9.69 Å². The molecule has 2 aliphatic heterocycles. The Labute approximate surface area is 150 Å². The molecule has 0 unspecified atom stereocenters. The molecule has 2 heterocycles. The smallest absolute Gasteiger partial charge is 0.220 e. The fourth-order valence-corrected chi connectivity index (χ4v) is 3.68. The third-order valence-electron chi connectivity index (χ3n) is 5.36. The van der Waals surface area contributed by atoms with Crippen molar-refractivity contribution in [2.24, 2.45) is 5.92 Å². The highest BCUT2D eigenvalue weighted by Gasteiger charge is 2.19. The van der Waals surface area contributed by atoms with E-state index in [-0.39, 0.29) is 12.0 Å². The Hall–Kier alpha value is -1.43. The molecule has 0 aromatic heterocycles. The summed E-state index contributed by atoms with van der Waals surface area (Å²) in [6.07, 6.45) is 4.15. The molecule has 0 aliphatic carbocycles. The van der Waals surface area contributed by atoms with E-state index in [1.807, 2.05) is 6.07 Å². The van der Waals surface area contributed by atoms with Crippen LogP contribution in [0.15, 0.2) is 24.3 Å². The third-order valence-corrected chi connectivity index (χ3v) is 5.36. The highest BCUT2D eigenvalue weighted by atomic mass is 16.5. The SMILES string of the molecule is O=C(CC1CCOCC1)NCc1ccccc1CN1CCC(O)CC1. The van der Waals surface area contributed by atoms with Gasteiger partial charge >= 0.3 is 0 Å². The minimum atomic E-state index is -0.143. The van der Waals surface area contributed by atoms with Crippen LogP contribution >= 0.6 is 0 Å². The quantitative estimate of drug-likeness (QED) is 0.828. The van der Waals surface area contributed by atoms with Gasteiger partial charge in [0.05, 0.1) is 6.10 Å². The minimum absolute atomic E-state index is 0.141. The van der Waals surface area contributed by atoms with E-state index in [2.05, 4.69) is 28.4 Å². The second kappa shape index (κ2) is 9.32. The van der Waals surface area contributed by atoms with E-state index >= 15 is 0 Å². The van der Waals surface area contributed by atoms with Crippen LogP contribution in [0.3, 0.4) is 0 Å². The van der Waals surface area contributed by atoms with Crippen molar-refractivity contribution in [3.8, 4) is 0 Å². The monoisotopic (exact) mass is 346 g/mol. The van der Waals surface area contributed by atoms with Crippen molar-refractivity contribution in [3.63, 3.8) is 0 Å². The number of carbonyl (C=O) groups is 1. The van der Waals surface area contributed by atoms with Gasteiger partial charge in [0.1, 0.15) is 0 Å². The van der Waals surface area contributed by atoms with Crippen molar-refractivity contribution in [1.29, 1.82) is 0 Å². The highest BCUT2D eigenvalue weighted by molar-refractivity contribution is 5.76. The van der Waals surface area contributed by atoms with E-state index < -0.39 is 0 Å². The van der Waals surface area contributed by atoms with E-state index in [0.29, 0.717) is 18.9 Å². The largest absolute Gasteiger partial charge is 0.393 e. The fraction of sp³-hybridized carbons (Fsp3) is 0.650. The molecule has 1 amide bonds. The molecule has 0 spiro atoms. The van der Waals surface area contributed by atoms with Crippen LogP contribution in [0.5, 0.6) is 0 Å². The molecule has 3 rings (SSSR count). The molecule has 5 heteroatoms. The normalized spacial score (nSPS) is 20.5. The number of likely N-dealkylation sites (tertiary alicyclic amines) is 1. The van der Waals surface area contributed by atoms with Crippen molar-refractivity contribution >= 4 is 5.91 Å². The molecule has 2 saturated heterocycles. The van der Waals surface area contributed by atoms with Crippen LogP contribution < -0.4 is 5.32 Å². The summed E-state index contributed by atoms with van der Waals surface area (Å²) in [5.74, 6) is 0.603. The predicted octanol–water partition coefficient (Wildman–Crippen LogP) is 2.08. The molecular formula is C20H30N2O3. The van der Waals surface area contributed by atoms with Crippen LogP contribution in [0.1, 0.15) is 43.2 Å². The molecule has 0 atom stereocenters. The van der Waals surface area contributed by atoms with Gasteiger partial charge in [0, 0.05) is 45.8 Å². The lowest BCUT2D eigenvalue weighted by atomic mass is 9.96. The molecule has 1 aromatic carbocycles. The summed E-state index contributed by atoms with van der Waals surface area (Å²) in [6.45, 7) is 4.92. The van der Waals surface area contributed by atoms with E-state index in [1.165, 1.54) is 11.1 Å². The number of rotatable bonds is 6. The molecule has 138 valence electrons. The molecule has 2 aliphatic rings. The van der Waals surface area contributed by atoms with Crippen LogP contribution in [0.25, 0.3) is 0 Å². The molecule has 0 saturated carbocycles. The number of nitrogens with zero attached hydrogens (tertiary/aromatic N) is 1. The van der Waals surface area contributed by atoms with Gasteiger partial charge in [-0.2, -0.15) is 0 Å². The van der Waals surface area contributed by atoms with Crippen molar-refractivity contribution in [2.75, 3.05) is 26.3 Å². The zero-order valence-corrected chi connectivity index (χ0v) is 15.0. The molecule has 0 radical (unpaired) electrons. The van der Waals surface area contributed by atoms with Gasteiger partial charge in [-0.15, -0.1) is 0 Å². The summed E-state index contributed by atoms with van der Waals surface area (Å²) in [6, 6.07) is 8.33. The molecule has 25 heavy (non-hydrogen) atoms. The Balaban J connectivity index is 1.49. The maximum Gasteiger partial charge on any atom is 0.220 e. The van der Waals surface area contributed by atoms with Gasteiger partial charge in [0.15, 0.2) is 0 Å². The van der Waals surface area contributed by atoms with E-state index in [1.54, 1.807) is 0 Å². The van der Waals surface area contributed by atoms with Gasteiger partial charge < -0.3 is 15.2 Å². The van der Waals surface area contributed by atoms with Gasteiger partial charge in [0.25, 0.3) is 0 Å². The zero-order valence-electron chi connectivity index (χ0n) is 15.0. The number of carbonyl (C=O) groups excluding carboxylic acids is 1. The van der Waals surface area contributed by atoms with Crippen LogP contribution in [0.2, 0.25) is 0 Å². The lowest BCUT2D eigenvalue weighted by Gasteiger charge is -2.30. The Morgan fingerprint density at radius 1 is 1.12 bits per heavy atom. The Kier molecular flexibility index (Phi) is 6.84. The lowest BCUT2D eigenvalue weighted by Crippen LogP contribution is -2.35. The van der Waals surface area contributed by atoms with E-state index in [4.69, 9.17) is 4.74 Å². The number of piperidine rings is 1. The summed E-state index contributed by atoms with van der Waals surface area (Å²) in [4.78, 5) is 14.6. The Bertz CT molecular complexity index is 550. The van der Waals surface area contributed by atoms with Crippen LogP contribution in [-0.2, 0) is 22.6 Å². The number of benzene rings is 1. The van der Waals surface area contributed by atoms with Crippen molar-refractivity contribution in [2.45, 2.75) is 51.3 Å². The standard InChI is InChI=1S/C20H30N2O3/c23-19-5-9-22(10-6-19)15-18-4-2-1-3-17(18)14-21-20(24)13-16-7-11-25-12-8-16/h1-4,16,19,23H,5-15H2,(H,21,24). The lowest BCUT2D eigenvalue weighted by molar-refractivity contribution is -0.122. The number of amides is 1. The molecule has 2 fully saturated rings. The molecule has 5 nitrogen and oxygen atoms in total. The Morgan fingerprint density at radius 2 is 1.80 bits per heavy atom. The number of hydrogen-bond acceptors (Lipinski definition) is 4. The fourth-order valence-electron chi connectivity index (χ4n) is 3.68. The third kappa shape index (κ3) is 5.80. The second-order valence-corrected chi connectivity index (χ2v) is 7.31. The highest BCUT2D eigenvalue weighted by Crippen LogP contribution is 2.19. The van der Waals surface area contributed by atoms with Crippen LogP contribution in [0, 0.1) is 5.92 Å². The van der Waals surface area contributed by atoms with Gasteiger partial charge in [-0.25, -0.2) is 0 Å². The average Bonchev–Trinajstić information content (AvgIpc) is 2.64. The summed E-state index contributed by atoms with van der Waals surface area (Å²) in [5.41, 5.74) is 2.46. The molecule has 2 N–H and O–H groups in total. The second-order valence-electron chi connectivity index (χ2n) is 7.31. The maximum atomic E-state index is 12.2. The van der Waals surface area contributed by atoms with Gasteiger partial charge in [-0.1, -0.05) is 24.3 Å². The van der Waals surface area contributed by atoms with Crippen molar-refractivity contribution in [1.82, 2.24) is 10.2 Å². The zero-order chi connectivity index (χ0) is 17.5. The summed E-state index contributed by atoms with van der Waals surface area (Å²) >= 11 is 0. The number of nitrogens with one attached hydrogen (secondary N) is 1. The average molecular weight is 346 g/mol. The maximum absolute atomic E-state index is 12.2. The van der Waals surface area contributed by atoms with Crippen LogP contribution in [0.4, 0.5) is 0 Å². The first-order chi connectivity index (χ1) is 12.2. The first-order valence-electron chi connectivity index (χ1n) is 9.52. The van der Waals surface area contributed by atoms with E-state index in [0.717, 1.165) is 58.5 Å². The number of ether oxygens (including phenoxy) is 1. The van der Waals surface area contributed by atoms with Gasteiger partial charge in [-0.05, 0) is 42.7 Å². The summed E-state index contributed by atoms with van der Waals surface area (Å²) in [7, 11) is 0. The number of aliphatic hydroxyl groups is 1. The van der Waals surface area contributed by atoms with Crippen molar-refractivity contribution in [3.05, 3.63) is 35.4 Å². The first kappa shape index (κ1) is 18.4. The molecule has 1 aromatic rings. The minimum Gasteiger partial charge on any atom is -0.393 e. The number of hydrogen-bond donors (Lipinski definition) is 2. The first-order valence-corrected chi connectivity index (χ1v) is 9.52. The summed E-state index contributed by atoms with van der Waals surface area (Å²) in [5, 5.41) is 12.7. The Morgan fingerprint density at radius 3 is 2.52 bits per heavy atom. The summed E-state index contributed by atoms with van der Waals surface area (Å²) < 4.78 is 5.35. The van der Waals surface area contributed by atoms with Crippen molar-refractivity contribution < 1.29 is 14.6 Å². The number of aliphatic hydroxyl groups excluding tert-OH is 1. The van der Waals surface area contributed by atoms with Gasteiger partial charge in [0.2, 0.25) is 5.91 Å². The molecular weight excluding hydrogens is 316 g/mol. The topological polar surface area (TPSA) is 61.8 Å². The molecule has 0 bridgehead atoms. The predicted molar refractivity (Wildman–Crippen MR) is 97.0 cm³/mol. The van der Waals surface area contributed by atoms with E-state index in [9.17, 15) is 9.90 Å². The van der Waals surface area contributed by atoms with Crippen LogP contribution in [-0.4, -0.2) is 48.3 Å².